The number of carbonyl (C=O) groups excluding carboxylic acids is 2. The summed E-state index contributed by atoms with van der Waals surface area (Å²) in [4.78, 5) is 43.0. The lowest BCUT2D eigenvalue weighted by Crippen LogP contribution is -2.41. The van der Waals surface area contributed by atoms with Gasteiger partial charge in [-0.2, -0.15) is 0 Å². The molecule has 8 nitrogen and oxygen atoms in total. The highest BCUT2D eigenvalue weighted by Gasteiger charge is 2.22. The number of nitrogens with zero attached hydrogens (tertiary/aromatic N) is 5. The number of rotatable bonds is 2. The van der Waals surface area contributed by atoms with Crippen molar-refractivity contribution in [2.75, 3.05) is 33.3 Å². The first kappa shape index (κ1) is 26.0. The van der Waals surface area contributed by atoms with Gasteiger partial charge in [-0.05, 0) is 60.9 Å². The number of pyridine rings is 1. The molecule has 1 aliphatic heterocycles. The van der Waals surface area contributed by atoms with E-state index in [-0.39, 0.29) is 11.8 Å². The second-order valence-electron chi connectivity index (χ2n) is 9.73. The zero-order chi connectivity index (χ0) is 27.4. The van der Waals surface area contributed by atoms with Crippen molar-refractivity contribution in [2.45, 2.75) is 20.3 Å². The fourth-order valence-corrected chi connectivity index (χ4v) is 4.74. The van der Waals surface area contributed by atoms with Crippen LogP contribution in [0.1, 0.15) is 43.4 Å². The van der Waals surface area contributed by atoms with Crippen LogP contribution in [0, 0.1) is 13.8 Å². The highest BCUT2D eigenvalue weighted by atomic mass is 16.5. The van der Waals surface area contributed by atoms with Gasteiger partial charge in [-0.25, -0.2) is 9.97 Å². The predicted molar refractivity (Wildman–Crippen MR) is 149 cm³/mol. The van der Waals surface area contributed by atoms with E-state index in [2.05, 4.69) is 21.0 Å². The number of hydrogen-bond acceptors (Lipinski definition) is 6. The average Bonchev–Trinajstić information content (AvgIpc) is 2.94. The van der Waals surface area contributed by atoms with Crippen LogP contribution in [0.3, 0.4) is 0 Å². The first-order valence-corrected chi connectivity index (χ1v) is 13.0. The van der Waals surface area contributed by atoms with Crippen LogP contribution < -0.4 is 4.74 Å². The third kappa shape index (κ3) is 5.95. The van der Waals surface area contributed by atoms with Crippen molar-refractivity contribution in [1.29, 1.82) is 0 Å². The van der Waals surface area contributed by atoms with Crippen molar-refractivity contribution < 1.29 is 14.3 Å². The first-order chi connectivity index (χ1) is 18.9. The Morgan fingerprint density at radius 3 is 2.56 bits per heavy atom. The zero-order valence-electron chi connectivity index (χ0n) is 22.4. The van der Waals surface area contributed by atoms with E-state index in [9.17, 15) is 9.59 Å². The van der Waals surface area contributed by atoms with Gasteiger partial charge in [-0.1, -0.05) is 24.3 Å². The molecule has 8 heteroatoms. The summed E-state index contributed by atoms with van der Waals surface area (Å²) in [5.41, 5.74) is 5.74. The summed E-state index contributed by atoms with van der Waals surface area (Å²) in [5, 5.41) is 0. The summed E-state index contributed by atoms with van der Waals surface area (Å²) >= 11 is 0. The molecular formula is C31H31N5O3. The Morgan fingerprint density at radius 1 is 0.923 bits per heavy atom. The number of hydrogen-bond donors (Lipinski definition) is 0. The van der Waals surface area contributed by atoms with Gasteiger partial charge in [0.15, 0.2) is 0 Å². The number of ether oxygens (including phenoxy) is 1. The summed E-state index contributed by atoms with van der Waals surface area (Å²) in [5.74, 6) is 1.09. The molecule has 5 rings (SSSR count). The minimum atomic E-state index is -0.182. The molecule has 0 atom stereocenters. The maximum Gasteiger partial charge on any atom is 0.257 e. The van der Waals surface area contributed by atoms with Crippen molar-refractivity contribution in [1.82, 2.24) is 24.8 Å². The van der Waals surface area contributed by atoms with E-state index in [1.807, 2.05) is 54.7 Å². The maximum absolute atomic E-state index is 13.5. The SMILES string of the molecule is Cc1ncc(C(=O)N2CCOc3ccc(-c4cccnc4)cc3Cc3cccc(c3)C(=O)N(C)CC2)c(C)n1. The summed E-state index contributed by atoms with van der Waals surface area (Å²) in [6.45, 7) is 4.98. The van der Waals surface area contributed by atoms with E-state index in [1.54, 1.807) is 43.1 Å². The van der Waals surface area contributed by atoms with Crippen LogP contribution in [-0.4, -0.2) is 69.9 Å². The van der Waals surface area contributed by atoms with E-state index in [4.69, 9.17) is 4.74 Å². The molecule has 198 valence electrons. The summed E-state index contributed by atoms with van der Waals surface area (Å²) in [6.07, 6.45) is 5.75. The second-order valence-corrected chi connectivity index (χ2v) is 9.73. The van der Waals surface area contributed by atoms with Crippen molar-refractivity contribution >= 4 is 11.8 Å². The Morgan fingerprint density at radius 2 is 1.77 bits per heavy atom. The van der Waals surface area contributed by atoms with Gasteiger partial charge in [-0.15, -0.1) is 0 Å². The van der Waals surface area contributed by atoms with E-state index in [0.717, 1.165) is 28.0 Å². The molecule has 0 saturated carbocycles. The van der Waals surface area contributed by atoms with Gasteiger partial charge < -0.3 is 14.5 Å². The molecule has 39 heavy (non-hydrogen) atoms. The fourth-order valence-electron chi connectivity index (χ4n) is 4.74. The van der Waals surface area contributed by atoms with Crippen molar-refractivity contribution in [3.8, 4) is 16.9 Å². The molecule has 1 aliphatic rings. The molecule has 0 unspecified atom stereocenters. The fraction of sp³-hybridized carbons (Fsp3) is 0.258. The summed E-state index contributed by atoms with van der Waals surface area (Å²) in [6, 6.07) is 17.7. The van der Waals surface area contributed by atoms with Crippen LogP contribution in [0.5, 0.6) is 5.75 Å². The number of likely N-dealkylation sites (N-methyl/N-ethyl adjacent to an activating group) is 1. The van der Waals surface area contributed by atoms with Crippen LogP contribution in [0.4, 0.5) is 0 Å². The highest BCUT2D eigenvalue weighted by Crippen LogP contribution is 2.29. The van der Waals surface area contributed by atoms with Gasteiger partial charge in [-0.3, -0.25) is 14.6 Å². The number of aromatic nitrogens is 3. The van der Waals surface area contributed by atoms with Gasteiger partial charge in [0.25, 0.3) is 11.8 Å². The lowest BCUT2D eigenvalue weighted by Gasteiger charge is -2.27. The normalized spacial score (nSPS) is 14.3. The lowest BCUT2D eigenvalue weighted by molar-refractivity contribution is 0.0667. The van der Waals surface area contributed by atoms with Crippen LogP contribution in [0.15, 0.2) is 73.2 Å². The van der Waals surface area contributed by atoms with Crippen molar-refractivity contribution in [2.24, 2.45) is 0 Å². The van der Waals surface area contributed by atoms with Crippen molar-refractivity contribution in [3.63, 3.8) is 0 Å². The maximum atomic E-state index is 13.5. The first-order valence-electron chi connectivity index (χ1n) is 13.0. The summed E-state index contributed by atoms with van der Waals surface area (Å²) in [7, 11) is 1.76. The van der Waals surface area contributed by atoms with E-state index in [1.165, 1.54) is 0 Å². The number of fused-ring (bicyclic) bond motifs is 3. The summed E-state index contributed by atoms with van der Waals surface area (Å²) < 4.78 is 6.29. The average molecular weight is 522 g/mol. The van der Waals surface area contributed by atoms with Crippen molar-refractivity contribution in [3.05, 3.63) is 107 Å². The second kappa shape index (κ2) is 11.4. The van der Waals surface area contributed by atoms with Gasteiger partial charge in [0.05, 0.1) is 17.8 Å². The van der Waals surface area contributed by atoms with E-state index >= 15 is 0 Å². The van der Waals surface area contributed by atoms with Gasteiger partial charge in [0.1, 0.15) is 18.2 Å². The number of aryl methyl sites for hydroxylation is 2. The van der Waals surface area contributed by atoms with Gasteiger partial charge >= 0.3 is 0 Å². The van der Waals surface area contributed by atoms with Crippen LogP contribution in [0.25, 0.3) is 11.1 Å². The molecule has 0 spiro atoms. The predicted octanol–water partition coefficient (Wildman–Crippen LogP) is 4.35. The molecular weight excluding hydrogens is 490 g/mol. The molecule has 0 fully saturated rings. The van der Waals surface area contributed by atoms with Crippen LogP contribution >= 0.6 is 0 Å². The number of amides is 2. The molecule has 2 aromatic carbocycles. The molecule has 2 aromatic heterocycles. The Hall–Kier alpha value is -4.59. The smallest absolute Gasteiger partial charge is 0.257 e. The van der Waals surface area contributed by atoms with E-state index in [0.29, 0.717) is 55.3 Å². The number of carbonyl (C=O) groups is 2. The Balaban J connectivity index is 1.50. The Kier molecular flexibility index (Phi) is 7.63. The molecule has 2 amide bonds. The Labute approximate surface area is 228 Å². The molecule has 0 aliphatic carbocycles. The standard InChI is InChI=1S/C31H31N5O3/c1-21-28(20-33-22(2)34-21)31(38)36-13-12-35(3)30(37)25-7-4-6-23(16-25)17-27-18-24(26-8-5-11-32-19-26)9-10-29(27)39-15-14-36/h4-11,16,18-20H,12-15,17H2,1-3H3. The van der Waals surface area contributed by atoms with Crippen LogP contribution in [0.2, 0.25) is 0 Å². The molecule has 0 N–H and O–H groups in total. The molecule has 3 heterocycles. The van der Waals surface area contributed by atoms with Crippen LogP contribution in [-0.2, 0) is 6.42 Å². The third-order valence-electron chi connectivity index (χ3n) is 6.91. The quantitative estimate of drug-likeness (QED) is 0.390. The van der Waals surface area contributed by atoms with E-state index < -0.39 is 0 Å². The Bertz CT molecular complexity index is 1510. The molecule has 4 aromatic rings. The lowest BCUT2D eigenvalue weighted by atomic mass is 9.98. The van der Waals surface area contributed by atoms with Gasteiger partial charge in [0, 0.05) is 56.3 Å². The monoisotopic (exact) mass is 521 g/mol. The van der Waals surface area contributed by atoms with Gasteiger partial charge in [0.2, 0.25) is 0 Å². The topological polar surface area (TPSA) is 88.5 Å². The molecule has 0 radical (unpaired) electrons. The molecule has 0 saturated heterocycles. The molecule has 2 bridgehead atoms. The number of benzene rings is 2. The third-order valence-corrected chi connectivity index (χ3v) is 6.91. The minimum Gasteiger partial charge on any atom is -0.491 e. The largest absolute Gasteiger partial charge is 0.491 e. The zero-order valence-corrected chi connectivity index (χ0v) is 22.4. The minimum absolute atomic E-state index is 0.0863. The highest BCUT2D eigenvalue weighted by molar-refractivity contribution is 5.95.